The summed E-state index contributed by atoms with van der Waals surface area (Å²) >= 11 is 0. The van der Waals surface area contributed by atoms with E-state index in [2.05, 4.69) is 12.2 Å². The first-order valence-electron chi connectivity index (χ1n) is 6.05. The van der Waals surface area contributed by atoms with E-state index >= 15 is 0 Å². The number of carbonyl (C=O) groups excluding carboxylic acids is 1. The number of amides is 1. The molecule has 0 spiro atoms. The van der Waals surface area contributed by atoms with Crippen molar-refractivity contribution in [3.05, 3.63) is 0 Å². The van der Waals surface area contributed by atoms with Gasteiger partial charge in [0, 0.05) is 19.1 Å². The normalized spacial score (nSPS) is 24.5. The average Bonchev–Trinajstić information content (AvgIpc) is 2.64. The fourth-order valence-electron chi connectivity index (χ4n) is 1.82. The quantitative estimate of drug-likeness (QED) is 0.758. The average molecular weight is 262 g/mol. The lowest BCUT2D eigenvalue weighted by Gasteiger charge is -2.24. The highest BCUT2D eigenvalue weighted by atomic mass is 32.2. The molecular weight excluding hydrogens is 240 g/mol. The van der Waals surface area contributed by atoms with E-state index in [-0.39, 0.29) is 30.0 Å². The van der Waals surface area contributed by atoms with Crippen molar-refractivity contribution in [2.24, 2.45) is 0 Å². The smallest absolute Gasteiger partial charge is 0.236 e. The van der Waals surface area contributed by atoms with Crippen molar-refractivity contribution >= 4 is 15.7 Å². The van der Waals surface area contributed by atoms with Gasteiger partial charge in [-0.15, -0.1) is 0 Å². The summed E-state index contributed by atoms with van der Waals surface area (Å²) in [5.41, 5.74) is 0. The number of hydrogen-bond acceptors (Lipinski definition) is 4. The summed E-state index contributed by atoms with van der Waals surface area (Å²) in [6.07, 6.45) is 1.53. The Morgan fingerprint density at radius 1 is 1.53 bits per heavy atom. The lowest BCUT2D eigenvalue weighted by atomic mass is 10.2. The van der Waals surface area contributed by atoms with Gasteiger partial charge in [-0.1, -0.05) is 6.92 Å². The molecule has 0 aromatic rings. The summed E-state index contributed by atoms with van der Waals surface area (Å²) in [5.74, 6) is 0.277. The molecule has 6 heteroatoms. The first kappa shape index (κ1) is 14.4. The van der Waals surface area contributed by atoms with Gasteiger partial charge in [-0.25, -0.2) is 8.42 Å². The number of likely N-dealkylation sites (N-methyl/N-ethyl adjacent to an activating group) is 1. The van der Waals surface area contributed by atoms with Gasteiger partial charge in [0.2, 0.25) is 5.91 Å². The van der Waals surface area contributed by atoms with Gasteiger partial charge in [0.15, 0.2) is 9.84 Å². The maximum absolute atomic E-state index is 11.8. The number of sulfone groups is 1. The van der Waals surface area contributed by atoms with Crippen LogP contribution in [0.3, 0.4) is 0 Å². The largest absolute Gasteiger partial charge is 0.341 e. The molecule has 0 aromatic carbocycles. The van der Waals surface area contributed by atoms with Crippen LogP contribution in [0, 0.1) is 0 Å². The highest BCUT2D eigenvalue weighted by Crippen LogP contribution is 2.16. The fraction of sp³-hybridized carbons (Fsp3) is 0.909. The van der Waals surface area contributed by atoms with Crippen LogP contribution in [0.1, 0.15) is 26.7 Å². The Kier molecular flexibility index (Phi) is 4.94. The SMILES string of the molecule is CCC(C)NCC(=O)N(C)C1CCS(=O)(=O)C1. The molecule has 2 unspecified atom stereocenters. The van der Waals surface area contributed by atoms with Crippen LogP contribution < -0.4 is 5.32 Å². The van der Waals surface area contributed by atoms with Crippen LogP contribution in [0.4, 0.5) is 0 Å². The number of nitrogens with one attached hydrogen (secondary N) is 1. The van der Waals surface area contributed by atoms with Crippen molar-refractivity contribution in [2.75, 3.05) is 25.1 Å². The Balaban J connectivity index is 2.42. The van der Waals surface area contributed by atoms with Gasteiger partial charge in [-0.2, -0.15) is 0 Å². The summed E-state index contributed by atoms with van der Waals surface area (Å²) in [4.78, 5) is 13.4. The number of hydrogen-bond donors (Lipinski definition) is 1. The van der Waals surface area contributed by atoms with Crippen LogP contribution in [0.5, 0.6) is 0 Å². The summed E-state index contributed by atoms with van der Waals surface area (Å²) in [7, 11) is -1.24. The van der Waals surface area contributed by atoms with Crippen molar-refractivity contribution in [1.29, 1.82) is 0 Å². The molecule has 0 radical (unpaired) electrons. The van der Waals surface area contributed by atoms with Gasteiger partial charge in [0.05, 0.1) is 18.1 Å². The monoisotopic (exact) mass is 262 g/mol. The molecule has 1 N–H and O–H groups in total. The third kappa shape index (κ3) is 4.27. The molecule has 1 saturated heterocycles. The van der Waals surface area contributed by atoms with Crippen molar-refractivity contribution < 1.29 is 13.2 Å². The zero-order valence-corrected chi connectivity index (χ0v) is 11.6. The van der Waals surface area contributed by atoms with E-state index in [4.69, 9.17) is 0 Å². The van der Waals surface area contributed by atoms with Gasteiger partial charge >= 0.3 is 0 Å². The minimum absolute atomic E-state index is 0.0348. The molecule has 1 rings (SSSR count). The predicted octanol–water partition coefficient (Wildman–Crippen LogP) is 0.0200. The second-order valence-corrected chi connectivity index (χ2v) is 6.98. The summed E-state index contributed by atoms with van der Waals surface area (Å²) in [6, 6.07) is 0.158. The molecule has 1 fully saturated rings. The minimum atomic E-state index is -2.92. The predicted molar refractivity (Wildman–Crippen MR) is 67.6 cm³/mol. The number of carbonyl (C=O) groups is 1. The molecule has 1 heterocycles. The van der Waals surface area contributed by atoms with Crippen LogP contribution in [0.15, 0.2) is 0 Å². The molecular formula is C11H22N2O3S. The molecule has 0 aromatic heterocycles. The minimum Gasteiger partial charge on any atom is -0.341 e. The lowest BCUT2D eigenvalue weighted by Crippen LogP contribution is -2.44. The summed E-state index contributed by atoms with van der Waals surface area (Å²) < 4.78 is 22.7. The van der Waals surface area contributed by atoms with Gasteiger partial charge in [0.1, 0.15) is 0 Å². The molecule has 1 aliphatic heterocycles. The molecule has 0 aliphatic carbocycles. The fourth-order valence-corrected chi connectivity index (χ4v) is 3.59. The highest BCUT2D eigenvalue weighted by molar-refractivity contribution is 7.91. The third-order valence-electron chi connectivity index (χ3n) is 3.36. The molecule has 17 heavy (non-hydrogen) atoms. The van der Waals surface area contributed by atoms with E-state index in [9.17, 15) is 13.2 Å². The molecule has 1 aliphatic rings. The number of nitrogens with zero attached hydrogens (tertiary/aromatic N) is 1. The van der Waals surface area contributed by atoms with Crippen LogP contribution in [-0.4, -0.2) is 56.4 Å². The second-order valence-electron chi connectivity index (χ2n) is 4.75. The zero-order chi connectivity index (χ0) is 13.1. The lowest BCUT2D eigenvalue weighted by molar-refractivity contribution is -0.130. The molecule has 2 atom stereocenters. The van der Waals surface area contributed by atoms with Crippen molar-refractivity contribution in [2.45, 2.75) is 38.8 Å². The Morgan fingerprint density at radius 2 is 2.18 bits per heavy atom. The molecule has 1 amide bonds. The van der Waals surface area contributed by atoms with Crippen LogP contribution in [-0.2, 0) is 14.6 Å². The third-order valence-corrected chi connectivity index (χ3v) is 5.11. The van der Waals surface area contributed by atoms with Gasteiger partial charge < -0.3 is 10.2 Å². The Morgan fingerprint density at radius 3 is 2.65 bits per heavy atom. The van der Waals surface area contributed by atoms with Gasteiger partial charge in [-0.05, 0) is 19.8 Å². The molecule has 5 nitrogen and oxygen atoms in total. The Hall–Kier alpha value is -0.620. The molecule has 100 valence electrons. The maximum atomic E-state index is 11.8. The standard InChI is InChI=1S/C11H22N2O3S/c1-4-9(2)12-7-11(14)13(3)10-5-6-17(15,16)8-10/h9-10,12H,4-8H2,1-3H3. The highest BCUT2D eigenvalue weighted by Gasteiger charge is 2.32. The second kappa shape index (κ2) is 5.82. The first-order valence-corrected chi connectivity index (χ1v) is 7.87. The van der Waals surface area contributed by atoms with E-state index in [1.165, 1.54) is 0 Å². The van der Waals surface area contributed by atoms with Crippen molar-refractivity contribution in [3.63, 3.8) is 0 Å². The van der Waals surface area contributed by atoms with Crippen LogP contribution >= 0.6 is 0 Å². The Bertz CT molecular complexity index is 367. The van der Waals surface area contributed by atoms with Crippen molar-refractivity contribution in [3.8, 4) is 0 Å². The maximum Gasteiger partial charge on any atom is 0.236 e. The van der Waals surface area contributed by atoms with Crippen LogP contribution in [0.2, 0.25) is 0 Å². The molecule has 0 saturated carbocycles. The van der Waals surface area contributed by atoms with Gasteiger partial charge in [0.25, 0.3) is 0 Å². The zero-order valence-electron chi connectivity index (χ0n) is 10.8. The van der Waals surface area contributed by atoms with E-state index in [1.54, 1.807) is 11.9 Å². The van der Waals surface area contributed by atoms with E-state index in [0.29, 0.717) is 12.5 Å². The first-order chi connectivity index (χ1) is 7.85. The molecule has 0 bridgehead atoms. The topological polar surface area (TPSA) is 66.5 Å². The van der Waals surface area contributed by atoms with E-state index in [0.717, 1.165) is 6.42 Å². The van der Waals surface area contributed by atoms with Crippen LogP contribution in [0.25, 0.3) is 0 Å². The Labute approximate surface area is 103 Å². The summed E-state index contributed by atoms with van der Waals surface area (Å²) in [5, 5.41) is 3.12. The van der Waals surface area contributed by atoms with Crippen molar-refractivity contribution in [1.82, 2.24) is 10.2 Å². The van der Waals surface area contributed by atoms with E-state index in [1.807, 2.05) is 6.92 Å². The van der Waals surface area contributed by atoms with E-state index < -0.39 is 9.84 Å². The number of rotatable bonds is 5. The summed E-state index contributed by atoms with van der Waals surface area (Å²) in [6.45, 7) is 4.35. The van der Waals surface area contributed by atoms with Gasteiger partial charge in [-0.3, -0.25) is 4.79 Å².